The Kier molecular flexibility index (Phi) is 3.57. The van der Waals surface area contributed by atoms with E-state index in [1.165, 1.54) is 0 Å². The van der Waals surface area contributed by atoms with Gasteiger partial charge >= 0.3 is 0 Å². The molecule has 0 aliphatic heterocycles. The average Bonchev–Trinajstić information content (AvgIpc) is 3.60. The highest BCUT2D eigenvalue weighted by atomic mass is 16.3. The predicted octanol–water partition coefficient (Wildman–Crippen LogP) is 7.26. The summed E-state index contributed by atoms with van der Waals surface area (Å²) in [5, 5.41) is 4.28. The van der Waals surface area contributed by atoms with E-state index in [9.17, 15) is 0 Å². The highest BCUT2D eigenvalue weighted by Crippen LogP contribution is 2.44. The van der Waals surface area contributed by atoms with Crippen molar-refractivity contribution < 1.29 is 8.83 Å². The number of imidazole rings is 1. The van der Waals surface area contributed by atoms with Crippen LogP contribution >= 0.6 is 0 Å². The summed E-state index contributed by atoms with van der Waals surface area (Å²) in [6.07, 6.45) is 7.45. The molecule has 0 unspecified atom stereocenters. The number of hydrogen-bond acceptors (Lipinski definition) is 5. The lowest BCUT2D eigenvalue weighted by Crippen LogP contribution is -1.87. The molecule has 35 heavy (non-hydrogen) atoms. The molecule has 5 heterocycles. The van der Waals surface area contributed by atoms with Gasteiger partial charge in [0.25, 0.3) is 0 Å². The van der Waals surface area contributed by atoms with E-state index in [1.54, 1.807) is 6.20 Å². The summed E-state index contributed by atoms with van der Waals surface area (Å²) in [4.78, 5) is 13.7. The lowest BCUT2D eigenvalue weighted by Gasteiger charge is -2.05. The molecule has 8 aromatic rings. The van der Waals surface area contributed by atoms with E-state index in [2.05, 4.69) is 28.2 Å². The molecule has 0 N–H and O–H groups in total. The second-order valence-electron chi connectivity index (χ2n) is 8.59. The summed E-state index contributed by atoms with van der Waals surface area (Å²) < 4.78 is 14.7. The fourth-order valence-electron chi connectivity index (χ4n) is 4.95. The first-order valence-corrected chi connectivity index (χ1v) is 11.4. The zero-order chi connectivity index (χ0) is 22.9. The molecule has 5 aromatic heterocycles. The van der Waals surface area contributed by atoms with Crippen molar-refractivity contribution in [1.29, 1.82) is 0 Å². The van der Waals surface area contributed by atoms with Gasteiger partial charge < -0.3 is 8.83 Å². The fraction of sp³-hybridized carbons (Fsp3) is 0. The summed E-state index contributed by atoms with van der Waals surface area (Å²) in [5.41, 5.74) is 6.66. The molecule has 0 bridgehead atoms. The van der Waals surface area contributed by atoms with Crippen LogP contribution in [0.25, 0.3) is 72.2 Å². The monoisotopic (exact) mass is 452 g/mol. The fourth-order valence-corrected chi connectivity index (χ4v) is 4.95. The molecule has 0 amide bonds. The Morgan fingerprint density at radius 2 is 1.37 bits per heavy atom. The maximum absolute atomic E-state index is 6.39. The van der Waals surface area contributed by atoms with Gasteiger partial charge in [-0.05, 0) is 30.3 Å². The van der Waals surface area contributed by atoms with Gasteiger partial charge in [-0.25, -0.2) is 9.97 Å². The van der Waals surface area contributed by atoms with Gasteiger partial charge in [0.05, 0.1) is 11.3 Å². The van der Waals surface area contributed by atoms with Crippen LogP contribution in [0.15, 0.2) is 106 Å². The molecule has 0 saturated heterocycles. The molecule has 0 fully saturated rings. The molecule has 0 spiro atoms. The van der Waals surface area contributed by atoms with Crippen LogP contribution in [0.2, 0.25) is 0 Å². The summed E-state index contributed by atoms with van der Waals surface area (Å²) in [7, 11) is 0. The van der Waals surface area contributed by atoms with Crippen molar-refractivity contribution in [2.45, 2.75) is 0 Å². The number of furan rings is 2. The van der Waals surface area contributed by atoms with Gasteiger partial charge in [0.1, 0.15) is 28.0 Å². The maximum Gasteiger partial charge on any atom is 0.234 e. The molecule has 0 aliphatic carbocycles. The summed E-state index contributed by atoms with van der Waals surface area (Å²) >= 11 is 0. The molecule has 0 saturated carbocycles. The minimum absolute atomic E-state index is 0.643. The third-order valence-electron chi connectivity index (χ3n) is 6.56. The van der Waals surface area contributed by atoms with E-state index in [0.29, 0.717) is 5.78 Å². The minimum atomic E-state index is 0.643. The van der Waals surface area contributed by atoms with E-state index in [4.69, 9.17) is 13.8 Å². The number of para-hydroxylation sites is 2. The topological polar surface area (TPSA) is 69.4 Å². The van der Waals surface area contributed by atoms with E-state index >= 15 is 0 Å². The lowest BCUT2D eigenvalue weighted by molar-refractivity contribution is 0.658. The highest BCUT2D eigenvalue weighted by Gasteiger charge is 2.21. The maximum atomic E-state index is 6.39. The van der Waals surface area contributed by atoms with Crippen molar-refractivity contribution in [1.82, 2.24) is 19.4 Å². The van der Waals surface area contributed by atoms with E-state index < -0.39 is 0 Å². The SMILES string of the molecule is c1ccc2c(c1)oc1c(-c3ccc(-c4cn5cccnc5n4)nc3)c3oc4ccccc4c3cc12. The first-order chi connectivity index (χ1) is 17.3. The molecule has 3 aromatic carbocycles. The van der Waals surface area contributed by atoms with E-state index in [-0.39, 0.29) is 0 Å². The first kappa shape index (κ1) is 18.5. The second-order valence-corrected chi connectivity index (χ2v) is 8.59. The highest BCUT2D eigenvalue weighted by molar-refractivity contribution is 6.21. The predicted molar refractivity (Wildman–Crippen MR) is 136 cm³/mol. The molecule has 0 atom stereocenters. The van der Waals surface area contributed by atoms with E-state index in [0.717, 1.165) is 66.4 Å². The van der Waals surface area contributed by atoms with Crippen LogP contribution in [0.3, 0.4) is 0 Å². The Labute approximate surface area is 198 Å². The summed E-state index contributed by atoms with van der Waals surface area (Å²) in [5.74, 6) is 0.643. The zero-order valence-electron chi connectivity index (χ0n) is 18.3. The van der Waals surface area contributed by atoms with Crippen LogP contribution in [0, 0.1) is 0 Å². The molecule has 164 valence electrons. The van der Waals surface area contributed by atoms with Gasteiger partial charge in [0.2, 0.25) is 5.78 Å². The van der Waals surface area contributed by atoms with E-state index in [1.807, 2.05) is 77.6 Å². The second kappa shape index (κ2) is 6.77. The molecule has 0 aliphatic rings. The molecule has 6 heteroatoms. The first-order valence-electron chi connectivity index (χ1n) is 11.4. The minimum Gasteiger partial charge on any atom is -0.455 e. The van der Waals surface area contributed by atoms with Crippen LogP contribution in [0.5, 0.6) is 0 Å². The number of pyridine rings is 1. The lowest BCUT2D eigenvalue weighted by atomic mass is 9.99. The van der Waals surface area contributed by atoms with Crippen LogP contribution < -0.4 is 0 Å². The Hall–Kier alpha value is -4.97. The Morgan fingerprint density at radius 1 is 0.657 bits per heavy atom. The smallest absolute Gasteiger partial charge is 0.234 e. The number of fused-ring (bicyclic) bond motifs is 7. The Balaban J connectivity index is 1.40. The largest absolute Gasteiger partial charge is 0.455 e. The van der Waals surface area contributed by atoms with Gasteiger partial charge in [-0.1, -0.05) is 42.5 Å². The van der Waals surface area contributed by atoms with Crippen LogP contribution in [-0.2, 0) is 0 Å². The molecule has 6 nitrogen and oxygen atoms in total. The number of aromatic nitrogens is 4. The zero-order valence-corrected chi connectivity index (χ0v) is 18.3. The normalized spacial score (nSPS) is 12.0. The van der Waals surface area contributed by atoms with Gasteiger partial charge in [-0.3, -0.25) is 9.38 Å². The number of benzene rings is 3. The van der Waals surface area contributed by atoms with Crippen LogP contribution in [0.4, 0.5) is 0 Å². The number of rotatable bonds is 2. The van der Waals surface area contributed by atoms with Crippen molar-refractivity contribution in [2.24, 2.45) is 0 Å². The third kappa shape index (κ3) is 2.62. The third-order valence-corrected chi connectivity index (χ3v) is 6.56. The van der Waals surface area contributed by atoms with Gasteiger partial charge in [-0.15, -0.1) is 0 Å². The Bertz CT molecular complexity index is 1940. The van der Waals surface area contributed by atoms with Crippen molar-refractivity contribution >= 4 is 49.7 Å². The standard InChI is InChI=1S/C29H16N4O2/c1-3-8-24-18(6-1)20-14-21-19-7-2-4-9-25(19)35-28(21)26(27(20)34-24)17-10-11-22(31-15-17)23-16-33-13-5-12-30-29(33)32-23/h1-16H. The summed E-state index contributed by atoms with van der Waals surface area (Å²) in [6.45, 7) is 0. The van der Waals surface area contributed by atoms with Crippen molar-refractivity contribution in [2.75, 3.05) is 0 Å². The quantitative estimate of drug-likeness (QED) is 0.276. The number of hydrogen-bond donors (Lipinski definition) is 0. The number of nitrogens with zero attached hydrogens (tertiary/aromatic N) is 4. The molecule has 0 radical (unpaired) electrons. The molecular weight excluding hydrogens is 436 g/mol. The molecule has 8 rings (SSSR count). The average molecular weight is 452 g/mol. The Morgan fingerprint density at radius 3 is 2.03 bits per heavy atom. The van der Waals surface area contributed by atoms with Crippen molar-refractivity contribution in [3.05, 3.63) is 97.6 Å². The van der Waals surface area contributed by atoms with Gasteiger partial charge in [-0.2, -0.15) is 0 Å². The van der Waals surface area contributed by atoms with Gasteiger partial charge in [0.15, 0.2) is 0 Å². The van der Waals surface area contributed by atoms with Crippen LogP contribution in [0.1, 0.15) is 0 Å². The molecular formula is C29H16N4O2. The summed E-state index contributed by atoms with van der Waals surface area (Å²) in [6, 6.07) is 24.3. The van der Waals surface area contributed by atoms with Gasteiger partial charge in [0, 0.05) is 51.9 Å². The van der Waals surface area contributed by atoms with Crippen molar-refractivity contribution in [3.8, 4) is 22.5 Å². The van der Waals surface area contributed by atoms with Crippen molar-refractivity contribution in [3.63, 3.8) is 0 Å². The van der Waals surface area contributed by atoms with Crippen LogP contribution in [-0.4, -0.2) is 19.4 Å².